The minimum atomic E-state index is -1.15. The zero-order valence-electron chi connectivity index (χ0n) is 11.4. The molecule has 0 unspecified atom stereocenters. The Morgan fingerprint density at radius 1 is 1.15 bits per heavy atom. The molecule has 0 fully saturated rings. The van der Waals surface area contributed by atoms with Gasteiger partial charge in [-0.15, -0.1) is 0 Å². The summed E-state index contributed by atoms with van der Waals surface area (Å²) in [6, 6.07) is 10.8. The van der Waals surface area contributed by atoms with Crippen LogP contribution in [-0.4, -0.2) is 16.2 Å². The second-order valence-electron chi connectivity index (χ2n) is 4.67. The number of carboxylic acids is 1. The fourth-order valence-electron chi connectivity index (χ4n) is 1.98. The fraction of sp³-hybridized carbons (Fsp3) is 0.188. The number of rotatable bonds is 4. The molecule has 0 aliphatic heterocycles. The van der Waals surface area contributed by atoms with Crippen molar-refractivity contribution >= 4 is 5.97 Å². The van der Waals surface area contributed by atoms with E-state index >= 15 is 0 Å². The van der Waals surface area contributed by atoms with Gasteiger partial charge < -0.3 is 14.9 Å². The molecule has 0 aliphatic rings. The van der Waals surface area contributed by atoms with Crippen molar-refractivity contribution in [3.05, 3.63) is 58.7 Å². The normalized spacial score (nSPS) is 10.3. The van der Waals surface area contributed by atoms with Gasteiger partial charge in [-0.05, 0) is 48.7 Å². The average Bonchev–Trinajstić information content (AvgIpc) is 2.41. The summed E-state index contributed by atoms with van der Waals surface area (Å²) >= 11 is 0. The molecule has 2 N–H and O–H groups in total. The lowest BCUT2D eigenvalue weighted by Gasteiger charge is -2.11. The zero-order chi connectivity index (χ0) is 14.7. The lowest BCUT2D eigenvalue weighted by molar-refractivity contribution is 0.0693. The number of aromatic hydroxyl groups is 1. The van der Waals surface area contributed by atoms with Crippen molar-refractivity contribution in [2.24, 2.45) is 0 Å². The van der Waals surface area contributed by atoms with Gasteiger partial charge >= 0.3 is 5.97 Å². The van der Waals surface area contributed by atoms with Crippen LogP contribution in [0, 0.1) is 13.8 Å². The number of para-hydroxylation sites is 1. The van der Waals surface area contributed by atoms with Gasteiger partial charge in [0, 0.05) is 0 Å². The number of benzene rings is 2. The number of phenols is 1. The molecule has 0 aliphatic carbocycles. The van der Waals surface area contributed by atoms with E-state index in [9.17, 15) is 9.90 Å². The lowest BCUT2D eigenvalue weighted by Crippen LogP contribution is -2.03. The van der Waals surface area contributed by atoms with Gasteiger partial charge in [0.1, 0.15) is 23.7 Å². The molecule has 4 heteroatoms. The van der Waals surface area contributed by atoms with Gasteiger partial charge in [0.25, 0.3) is 0 Å². The van der Waals surface area contributed by atoms with Crippen LogP contribution in [0.2, 0.25) is 0 Å². The van der Waals surface area contributed by atoms with Gasteiger partial charge in [-0.3, -0.25) is 0 Å². The molecule has 0 radical (unpaired) electrons. The molecular weight excluding hydrogens is 256 g/mol. The predicted molar refractivity (Wildman–Crippen MR) is 75.3 cm³/mol. The Kier molecular flexibility index (Phi) is 3.94. The Bertz CT molecular complexity index is 647. The summed E-state index contributed by atoms with van der Waals surface area (Å²) in [5.41, 5.74) is 2.14. The number of aromatic carboxylic acids is 1. The van der Waals surface area contributed by atoms with Gasteiger partial charge in [-0.25, -0.2) is 4.79 Å². The van der Waals surface area contributed by atoms with Crippen molar-refractivity contribution in [3.63, 3.8) is 0 Å². The van der Waals surface area contributed by atoms with E-state index in [1.165, 1.54) is 6.07 Å². The zero-order valence-corrected chi connectivity index (χ0v) is 11.4. The van der Waals surface area contributed by atoms with E-state index in [1.54, 1.807) is 13.0 Å². The van der Waals surface area contributed by atoms with E-state index < -0.39 is 5.97 Å². The van der Waals surface area contributed by atoms with Gasteiger partial charge in [-0.2, -0.15) is 0 Å². The molecule has 2 aromatic rings. The predicted octanol–water partition coefficient (Wildman–Crippen LogP) is 3.29. The minimum absolute atomic E-state index is 0.103. The highest BCUT2D eigenvalue weighted by molar-refractivity contribution is 5.91. The number of carbonyl (C=O) groups is 1. The van der Waals surface area contributed by atoms with Crippen LogP contribution in [0.3, 0.4) is 0 Å². The van der Waals surface area contributed by atoms with Crippen LogP contribution in [0.5, 0.6) is 11.5 Å². The largest absolute Gasteiger partial charge is 0.507 e. The first kappa shape index (κ1) is 13.9. The third-order valence-corrected chi connectivity index (χ3v) is 3.08. The Morgan fingerprint density at radius 2 is 1.85 bits per heavy atom. The van der Waals surface area contributed by atoms with Crippen molar-refractivity contribution in [2.75, 3.05) is 0 Å². The molecule has 0 heterocycles. The number of carboxylic acid groups (broad SMARTS) is 1. The summed E-state index contributed by atoms with van der Waals surface area (Å²) in [6.45, 7) is 3.87. The van der Waals surface area contributed by atoms with Crippen molar-refractivity contribution in [1.82, 2.24) is 0 Å². The van der Waals surface area contributed by atoms with Crippen LogP contribution >= 0.6 is 0 Å². The molecule has 0 atom stereocenters. The van der Waals surface area contributed by atoms with Crippen LogP contribution in [0.4, 0.5) is 0 Å². The minimum Gasteiger partial charge on any atom is -0.507 e. The first-order valence-corrected chi connectivity index (χ1v) is 6.23. The van der Waals surface area contributed by atoms with Gasteiger partial charge in [0.15, 0.2) is 0 Å². The van der Waals surface area contributed by atoms with E-state index in [0.717, 1.165) is 11.3 Å². The number of aryl methyl sites for hydroxylation is 2. The first-order chi connectivity index (χ1) is 9.49. The van der Waals surface area contributed by atoms with Crippen molar-refractivity contribution in [3.8, 4) is 11.5 Å². The molecule has 0 saturated carbocycles. The van der Waals surface area contributed by atoms with Gasteiger partial charge in [-0.1, -0.05) is 18.2 Å². The van der Waals surface area contributed by atoms with E-state index in [1.807, 2.05) is 31.2 Å². The SMILES string of the molecule is Cc1ccccc1OCc1cc(C)c(O)c(C(=O)O)c1. The van der Waals surface area contributed by atoms with E-state index in [-0.39, 0.29) is 17.9 Å². The van der Waals surface area contributed by atoms with E-state index in [0.29, 0.717) is 11.1 Å². The molecule has 2 aromatic carbocycles. The van der Waals surface area contributed by atoms with Crippen LogP contribution in [0.1, 0.15) is 27.0 Å². The van der Waals surface area contributed by atoms with Gasteiger partial charge in [0.05, 0.1) is 0 Å². The number of ether oxygens (including phenoxy) is 1. The molecule has 0 amide bonds. The average molecular weight is 272 g/mol. The highest BCUT2D eigenvalue weighted by Gasteiger charge is 2.13. The highest BCUT2D eigenvalue weighted by Crippen LogP contribution is 2.25. The standard InChI is InChI=1S/C16H16O4/c1-10-5-3-4-6-14(10)20-9-12-7-11(2)15(17)13(8-12)16(18)19/h3-8,17H,9H2,1-2H3,(H,18,19). The summed E-state index contributed by atoms with van der Waals surface area (Å²) in [6.07, 6.45) is 0. The molecule has 0 spiro atoms. The van der Waals surface area contributed by atoms with E-state index in [2.05, 4.69) is 0 Å². The lowest BCUT2D eigenvalue weighted by atomic mass is 10.1. The summed E-state index contributed by atoms with van der Waals surface area (Å²) in [5.74, 6) is -0.587. The van der Waals surface area contributed by atoms with Crippen LogP contribution in [0.25, 0.3) is 0 Å². The molecular formula is C16H16O4. The van der Waals surface area contributed by atoms with Gasteiger partial charge in [0.2, 0.25) is 0 Å². The Hall–Kier alpha value is -2.49. The van der Waals surface area contributed by atoms with Crippen LogP contribution in [-0.2, 0) is 6.61 Å². The Labute approximate surface area is 117 Å². The monoisotopic (exact) mass is 272 g/mol. The van der Waals surface area contributed by atoms with Crippen molar-refractivity contribution < 1.29 is 19.7 Å². The third kappa shape index (κ3) is 2.91. The smallest absolute Gasteiger partial charge is 0.339 e. The molecule has 4 nitrogen and oxygen atoms in total. The molecule has 0 aromatic heterocycles. The fourth-order valence-corrected chi connectivity index (χ4v) is 1.98. The highest BCUT2D eigenvalue weighted by atomic mass is 16.5. The summed E-state index contributed by atoms with van der Waals surface area (Å²) in [7, 11) is 0. The third-order valence-electron chi connectivity index (χ3n) is 3.08. The molecule has 0 saturated heterocycles. The maximum Gasteiger partial charge on any atom is 0.339 e. The Morgan fingerprint density at radius 3 is 2.50 bits per heavy atom. The second kappa shape index (κ2) is 5.65. The van der Waals surface area contributed by atoms with Crippen molar-refractivity contribution in [1.29, 1.82) is 0 Å². The quantitative estimate of drug-likeness (QED) is 0.896. The maximum absolute atomic E-state index is 11.1. The summed E-state index contributed by atoms with van der Waals surface area (Å²) in [5, 5.41) is 18.7. The molecule has 20 heavy (non-hydrogen) atoms. The number of hydrogen-bond donors (Lipinski definition) is 2. The topological polar surface area (TPSA) is 66.8 Å². The maximum atomic E-state index is 11.1. The van der Waals surface area contributed by atoms with Crippen LogP contribution < -0.4 is 4.74 Å². The molecule has 0 bridgehead atoms. The van der Waals surface area contributed by atoms with Crippen molar-refractivity contribution in [2.45, 2.75) is 20.5 Å². The van der Waals surface area contributed by atoms with Crippen LogP contribution in [0.15, 0.2) is 36.4 Å². The summed E-state index contributed by atoms with van der Waals surface area (Å²) in [4.78, 5) is 11.1. The first-order valence-electron chi connectivity index (χ1n) is 6.23. The van der Waals surface area contributed by atoms with E-state index in [4.69, 9.17) is 9.84 Å². The molecule has 104 valence electrons. The molecule has 2 rings (SSSR count). The Balaban J connectivity index is 2.22. The summed E-state index contributed by atoms with van der Waals surface area (Å²) < 4.78 is 5.68. The number of hydrogen-bond acceptors (Lipinski definition) is 3. The second-order valence-corrected chi connectivity index (χ2v) is 4.67.